The Balaban J connectivity index is 0.00000625. The molecule has 0 unspecified atom stereocenters. The molecular weight excluding hydrogens is 443 g/mol. The Bertz CT molecular complexity index is 564. The maximum atomic E-state index is 11.8. The number of nitrogens with zero attached hydrogens (tertiary/aromatic N) is 3. The third-order valence-electron chi connectivity index (χ3n) is 3.51. The van der Waals surface area contributed by atoms with Crippen molar-refractivity contribution in [3.63, 3.8) is 0 Å². The Labute approximate surface area is 174 Å². The quantitative estimate of drug-likeness (QED) is 0.319. The number of guanidine groups is 1. The number of aromatic nitrogens is 1. The van der Waals surface area contributed by atoms with E-state index in [-0.39, 0.29) is 42.0 Å². The molecule has 1 heterocycles. The van der Waals surface area contributed by atoms with Crippen molar-refractivity contribution >= 4 is 41.7 Å². The van der Waals surface area contributed by atoms with Gasteiger partial charge in [0.2, 0.25) is 5.91 Å². The molecule has 26 heavy (non-hydrogen) atoms. The monoisotopic (exact) mass is 476 g/mol. The molecule has 0 spiro atoms. The summed E-state index contributed by atoms with van der Waals surface area (Å²) >= 11 is 0. The number of anilines is 1. The van der Waals surface area contributed by atoms with Crippen molar-refractivity contribution in [3.8, 4) is 0 Å². The predicted molar refractivity (Wildman–Crippen MR) is 119 cm³/mol. The first-order chi connectivity index (χ1) is 11.8. The van der Waals surface area contributed by atoms with Gasteiger partial charge >= 0.3 is 0 Å². The van der Waals surface area contributed by atoms with Gasteiger partial charge in [0.25, 0.3) is 0 Å². The zero-order chi connectivity index (χ0) is 18.9. The van der Waals surface area contributed by atoms with E-state index >= 15 is 0 Å². The predicted octanol–water partition coefficient (Wildman–Crippen LogP) is 2.13. The molecule has 7 nitrogen and oxygen atoms in total. The standard InChI is InChI=1S/C18H32N6O.HI/c1-7-24(8-2)15-10-9-14(11-20-15)12-21-17(19-6)22-13-16(25)23-18(3,4)5;/h9-11H,7-8,12-13H2,1-6H3,(H,23,25)(H2,19,21,22);1H. The molecule has 0 radical (unpaired) electrons. The molecule has 3 N–H and O–H groups in total. The highest BCUT2D eigenvalue weighted by Gasteiger charge is 2.13. The van der Waals surface area contributed by atoms with Gasteiger partial charge in [-0.1, -0.05) is 6.07 Å². The van der Waals surface area contributed by atoms with Crippen molar-refractivity contribution in [2.75, 3.05) is 31.6 Å². The average molecular weight is 476 g/mol. The van der Waals surface area contributed by atoms with Crippen molar-refractivity contribution < 1.29 is 4.79 Å². The van der Waals surface area contributed by atoms with Crippen molar-refractivity contribution in [3.05, 3.63) is 23.9 Å². The normalized spacial score (nSPS) is 11.4. The molecular formula is C18H33IN6O. The van der Waals surface area contributed by atoms with Gasteiger partial charge < -0.3 is 20.9 Å². The van der Waals surface area contributed by atoms with Gasteiger partial charge in [-0.15, -0.1) is 24.0 Å². The van der Waals surface area contributed by atoms with E-state index in [0.29, 0.717) is 12.5 Å². The lowest BCUT2D eigenvalue weighted by atomic mass is 10.1. The van der Waals surface area contributed by atoms with Crippen LogP contribution in [-0.4, -0.2) is 49.1 Å². The van der Waals surface area contributed by atoms with Crippen LogP contribution >= 0.6 is 24.0 Å². The van der Waals surface area contributed by atoms with Crippen molar-refractivity contribution in [2.45, 2.75) is 46.7 Å². The smallest absolute Gasteiger partial charge is 0.239 e. The molecule has 0 fully saturated rings. The Morgan fingerprint density at radius 2 is 1.85 bits per heavy atom. The molecule has 0 aliphatic carbocycles. The van der Waals surface area contributed by atoms with Gasteiger partial charge in [-0.2, -0.15) is 0 Å². The highest BCUT2D eigenvalue weighted by atomic mass is 127. The number of halogens is 1. The van der Waals surface area contributed by atoms with Gasteiger partial charge in [-0.05, 0) is 46.2 Å². The number of amides is 1. The molecule has 0 saturated carbocycles. The summed E-state index contributed by atoms with van der Waals surface area (Å²) in [6.45, 7) is 12.7. The number of pyridine rings is 1. The number of aliphatic imine (C=N–C) groups is 1. The maximum absolute atomic E-state index is 11.8. The first-order valence-corrected chi connectivity index (χ1v) is 8.74. The molecule has 0 saturated heterocycles. The highest BCUT2D eigenvalue weighted by molar-refractivity contribution is 14.0. The van der Waals surface area contributed by atoms with E-state index in [1.54, 1.807) is 7.05 Å². The number of carbonyl (C=O) groups is 1. The molecule has 148 valence electrons. The fourth-order valence-electron chi connectivity index (χ4n) is 2.29. The van der Waals surface area contributed by atoms with E-state index in [1.165, 1.54) is 0 Å². The molecule has 0 atom stereocenters. The van der Waals surface area contributed by atoms with Crippen molar-refractivity contribution in [1.82, 2.24) is 20.9 Å². The van der Waals surface area contributed by atoms with Gasteiger partial charge in [0.1, 0.15) is 5.82 Å². The lowest BCUT2D eigenvalue weighted by Gasteiger charge is -2.21. The Hall–Kier alpha value is -1.58. The van der Waals surface area contributed by atoms with Crippen molar-refractivity contribution in [1.29, 1.82) is 0 Å². The summed E-state index contributed by atoms with van der Waals surface area (Å²) in [5.74, 6) is 1.49. The van der Waals surface area contributed by atoms with E-state index in [2.05, 4.69) is 44.7 Å². The minimum Gasteiger partial charge on any atom is -0.357 e. The van der Waals surface area contributed by atoms with E-state index < -0.39 is 0 Å². The molecule has 0 aliphatic rings. The first-order valence-electron chi connectivity index (χ1n) is 8.74. The second kappa shape index (κ2) is 11.9. The summed E-state index contributed by atoms with van der Waals surface area (Å²) < 4.78 is 0. The van der Waals surface area contributed by atoms with Gasteiger partial charge in [-0.3, -0.25) is 9.79 Å². The first kappa shape index (κ1) is 24.4. The molecule has 0 aromatic carbocycles. The second-order valence-corrected chi connectivity index (χ2v) is 6.77. The lowest BCUT2D eigenvalue weighted by molar-refractivity contribution is -0.121. The summed E-state index contributed by atoms with van der Waals surface area (Å²) in [6, 6.07) is 4.07. The van der Waals surface area contributed by atoms with E-state index in [1.807, 2.05) is 39.1 Å². The van der Waals surface area contributed by atoms with Gasteiger partial charge in [-0.25, -0.2) is 4.98 Å². The second-order valence-electron chi connectivity index (χ2n) is 6.77. The highest BCUT2D eigenvalue weighted by Crippen LogP contribution is 2.10. The van der Waals surface area contributed by atoms with Crippen LogP contribution in [0.4, 0.5) is 5.82 Å². The Morgan fingerprint density at radius 1 is 1.19 bits per heavy atom. The molecule has 1 aromatic rings. The topological polar surface area (TPSA) is 81.6 Å². The van der Waals surface area contributed by atoms with E-state index in [9.17, 15) is 4.79 Å². The summed E-state index contributed by atoms with van der Waals surface area (Å²) in [4.78, 5) is 22.7. The Kier molecular flexibility index (Phi) is 11.2. The lowest BCUT2D eigenvalue weighted by Crippen LogP contribution is -2.48. The summed E-state index contributed by atoms with van der Waals surface area (Å²) in [7, 11) is 1.68. The zero-order valence-corrected chi connectivity index (χ0v) is 19.0. The average Bonchev–Trinajstić information content (AvgIpc) is 2.55. The van der Waals surface area contributed by atoms with Crippen LogP contribution in [0.15, 0.2) is 23.3 Å². The number of hydrogen-bond acceptors (Lipinski definition) is 4. The maximum Gasteiger partial charge on any atom is 0.239 e. The number of rotatable bonds is 7. The molecule has 8 heteroatoms. The van der Waals surface area contributed by atoms with Gasteiger partial charge in [0.15, 0.2) is 5.96 Å². The third-order valence-corrected chi connectivity index (χ3v) is 3.51. The molecule has 0 bridgehead atoms. The SMILES string of the molecule is CCN(CC)c1ccc(CNC(=NC)NCC(=O)NC(C)(C)C)cn1.I. The van der Waals surface area contributed by atoms with Gasteiger partial charge in [0, 0.05) is 38.4 Å². The van der Waals surface area contributed by atoms with Crippen LogP contribution in [0.2, 0.25) is 0 Å². The number of carbonyl (C=O) groups excluding carboxylic acids is 1. The van der Waals surface area contributed by atoms with E-state index in [4.69, 9.17) is 0 Å². The van der Waals surface area contributed by atoms with Crippen molar-refractivity contribution in [2.24, 2.45) is 4.99 Å². The van der Waals surface area contributed by atoms with Crippen LogP contribution in [0, 0.1) is 0 Å². The van der Waals surface area contributed by atoms with Crippen LogP contribution < -0.4 is 20.9 Å². The summed E-state index contributed by atoms with van der Waals surface area (Å²) in [5.41, 5.74) is 0.812. The Morgan fingerprint density at radius 3 is 2.31 bits per heavy atom. The molecule has 1 aromatic heterocycles. The number of hydrogen-bond donors (Lipinski definition) is 3. The van der Waals surface area contributed by atoms with Gasteiger partial charge in [0.05, 0.1) is 6.54 Å². The van der Waals surface area contributed by atoms with Crippen LogP contribution in [0.1, 0.15) is 40.2 Å². The minimum absolute atomic E-state index is 0. The minimum atomic E-state index is -0.242. The number of nitrogens with one attached hydrogen (secondary N) is 3. The van der Waals surface area contributed by atoms with Crippen LogP contribution in [-0.2, 0) is 11.3 Å². The van der Waals surface area contributed by atoms with E-state index in [0.717, 1.165) is 24.5 Å². The van der Waals surface area contributed by atoms with Crippen LogP contribution in [0.5, 0.6) is 0 Å². The summed E-state index contributed by atoms with van der Waals surface area (Å²) in [6.07, 6.45) is 1.86. The largest absolute Gasteiger partial charge is 0.357 e. The molecule has 1 amide bonds. The fourth-order valence-corrected chi connectivity index (χ4v) is 2.29. The fraction of sp³-hybridized carbons (Fsp3) is 0.611. The van der Waals surface area contributed by atoms with Crippen LogP contribution in [0.25, 0.3) is 0 Å². The summed E-state index contributed by atoms with van der Waals surface area (Å²) in [5, 5.41) is 9.10. The third kappa shape index (κ3) is 9.21. The molecule has 0 aliphatic heterocycles. The molecule has 1 rings (SSSR count). The van der Waals surface area contributed by atoms with Crippen LogP contribution in [0.3, 0.4) is 0 Å². The zero-order valence-electron chi connectivity index (χ0n) is 16.7.